The molecule has 2 amide bonds. The molecule has 0 aromatic rings. The number of primary amides is 2. The van der Waals surface area contributed by atoms with E-state index in [0.717, 1.165) is 51.4 Å². The predicted octanol–water partition coefficient (Wildman–Crippen LogP) is 0.949. The third-order valence-electron chi connectivity index (χ3n) is 4.02. The number of phosphoric ester groups is 1. The van der Waals surface area contributed by atoms with Crippen LogP contribution in [0.4, 0.5) is 4.79 Å². The topological polar surface area (TPSA) is 128 Å². The van der Waals surface area contributed by atoms with E-state index in [1.807, 2.05) is 0 Å². The van der Waals surface area contributed by atoms with Gasteiger partial charge in [-0.15, -0.1) is 0 Å². The molecule has 0 rings (SSSR count). The normalized spacial score (nSPS) is 15.0. The number of carbonyl (C=O) groups excluding carboxylic acids is 1. The van der Waals surface area contributed by atoms with Crippen LogP contribution in [0.15, 0.2) is 0 Å². The van der Waals surface area contributed by atoms with Gasteiger partial charge < -0.3 is 25.4 Å². The Morgan fingerprint density at radius 1 is 0.923 bits per heavy atom. The molecule has 0 aromatic carbocycles. The summed E-state index contributed by atoms with van der Waals surface area (Å²) in [5.74, 6) is 0.607. The number of amides is 2. The molecule has 0 saturated heterocycles. The fourth-order valence-corrected chi connectivity index (χ4v) is 3.09. The minimum absolute atomic E-state index is 0. The van der Waals surface area contributed by atoms with E-state index in [1.165, 1.54) is 0 Å². The van der Waals surface area contributed by atoms with Gasteiger partial charge in [0.2, 0.25) is 0 Å². The molecule has 0 aliphatic rings. The Labute approximate surface area is 202 Å². The second kappa shape index (κ2) is 20.7. The summed E-state index contributed by atoms with van der Waals surface area (Å²) < 4.78 is 21.9. The van der Waals surface area contributed by atoms with Crippen molar-refractivity contribution in [3.05, 3.63) is 0 Å². The van der Waals surface area contributed by atoms with Gasteiger partial charge in [0.25, 0.3) is 7.82 Å². The molecule has 9 heteroatoms. The molecule has 7 nitrogen and oxygen atoms in total. The van der Waals surface area contributed by atoms with Crippen molar-refractivity contribution in [3.63, 3.8) is 0 Å². The van der Waals surface area contributed by atoms with Crippen molar-refractivity contribution in [1.82, 2.24) is 0 Å². The van der Waals surface area contributed by atoms with Crippen molar-refractivity contribution in [1.29, 1.82) is 0 Å². The Kier molecular flexibility index (Phi) is 25.3. The van der Waals surface area contributed by atoms with Gasteiger partial charge in [0.05, 0.1) is 13.2 Å². The standard InChI is InChI=1S/C16H35O4P.CH4N2O.K/c1-5-9-11-15(7-3)13-19-21(17,18)20-14-16(8-4)12-10-6-2;2-1(3)4;/h15-16H,5-14H2,1-4H3,(H,17,18);(H4,2,3,4);/q;;+1/p-1. The van der Waals surface area contributed by atoms with Gasteiger partial charge in [0, 0.05) is 0 Å². The molecular formula is C17H38KN2O5P. The SMILES string of the molecule is CCCCC(CC)COP(=O)([O-])OCC(CC)CCCC.NC(N)=O.[K+]. The number of phosphoric acid groups is 1. The molecule has 0 aromatic heterocycles. The number of urea groups is 1. The third-order valence-corrected chi connectivity index (χ3v) is 4.95. The Bertz CT molecular complexity index is 347. The number of nitrogens with two attached hydrogens (primary N) is 2. The van der Waals surface area contributed by atoms with E-state index in [4.69, 9.17) is 13.8 Å². The van der Waals surface area contributed by atoms with Crippen LogP contribution in [0.3, 0.4) is 0 Å². The summed E-state index contributed by atoms with van der Waals surface area (Å²) in [6.45, 7) is 8.91. The average molecular weight is 421 g/mol. The van der Waals surface area contributed by atoms with Gasteiger partial charge >= 0.3 is 57.4 Å². The molecule has 0 spiro atoms. The monoisotopic (exact) mass is 420 g/mol. The van der Waals surface area contributed by atoms with Gasteiger partial charge in [-0.05, 0) is 24.7 Å². The number of carbonyl (C=O) groups is 1. The third kappa shape index (κ3) is 23.1. The quantitative estimate of drug-likeness (QED) is 0.319. The van der Waals surface area contributed by atoms with Crippen LogP contribution in [0.1, 0.15) is 79.1 Å². The van der Waals surface area contributed by atoms with E-state index in [1.54, 1.807) is 0 Å². The first kappa shape index (κ1) is 31.7. The zero-order valence-electron chi connectivity index (χ0n) is 17.4. The molecule has 0 radical (unpaired) electrons. The number of unbranched alkanes of at least 4 members (excludes halogenated alkanes) is 2. The second-order valence-electron chi connectivity index (χ2n) is 6.27. The minimum atomic E-state index is -4.14. The molecule has 152 valence electrons. The number of rotatable bonds is 14. The molecule has 0 bridgehead atoms. The second-order valence-corrected chi connectivity index (χ2v) is 7.68. The van der Waals surface area contributed by atoms with E-state index in [0.29, 0.717) is 11.8 Å². The summed E-state index contributed by atoms with van der Waals surface area (Å²) >= 11 is 0. The summed E-state index contributed by atoms with van der Waals surface area (Å²) in [5.41, 5.74) is 8.50. The Morgan fingerprint density at radius 3 is 1.46 bits per heavy atom. The maximum absolute atomic E-state index is 11.8. The summed E-state index contributed by atoms with van der Waals surface area (Å²) in [6.07, 6.45) is 8.38. The van der Waals surface area contributed by atoms with E-state index < -0.39 is 13.9 Å². The zero-order valence-corrected chi connectivity index (χ0v) is 21.4. The van der Waals surface area contributed by atoms with Crippen molar-refractivity contribution >= 4 is 13.9 Å². The predicted molar refractivity (Wildman–Crippen MR) is 99.9 cm³/mol. The summed E-state index contributed by atoms with van der Waals surface area (Å²) in [7, 11) is -4.14. The average Bonchev–Trinajstić information content (AvgIpc) is 2.54. The Hall–Kier alpha value is 1.02. The van der Waals surface area contributed by atoms with Crippen molar-refractivity contribution in [2.24, 2.45) is 23.3 Å². The number of hydrogen-bond acceptors (Lipinski definition) is 5. The number of hydrogen-bond donors (Lipinski definition) is 2. The van der Waals surface area contributed by atoms with Gasteiger partial charge in [-0.1, -0.05) is 66.2 Å². The van der Waals surface area contributed by atoms with Crippen molar-refractivity contribution < 1.29 is 74.7 Å². The van der Waals surface area contributed by atoms with Crippen LogP contribution in [0.5, 0.6) is 0 Å². The van der Waals surface area contributed by atoms with Crippen LogP contribution in [0, 0.1) is 11.8 Å². The van der Waals surface area contributed by atoms with Crippen LogP contribution in [0.25, 0.3) is 0 Å². The fraction of sp³-hybridized carbons (Fsp3) is 0.941. The first-order valence-electron chi connectivity index (χ1n) is 9.37. The molecule has 0 saturated carbocycles. The molecule has 2 atom stereocenters. The van der Waals surface area contributed by atoms with E-state index in [9.17, 15) is 9.46 Å². The molecule has 4 N–H and O–H groups in total. The molecule has 0 fully saturated rings. The Morgan fingerprint density at radius 2 is 1.23 bits per heavy atom. The maximum Gasteiger partial charge on any atom is 1.00 e. The van der Waals surface area contributed by atoms with E-state index >= 15 is 0 Å². The molecule has 0 aliphatic carbocycles. The van der Waals surface area contributed by atoms with Gasteiger partial charge in [-0.3, -0.25) is 4.57 Å². The first-order chi connectivity index (χ1) is 11.7. The fourth-order valence-electron chi connectivity index (χ4n) is 2.23. The largest absolute Gasteiger partial charge is 1.00 e. The van der Waals surface area contributed by atoms with Gasteiger partial charge in [-0.25, -0.2) is 4.79 Å². The van der Waals surface area contributed by atoms with E-state index in [2.05, 4.69) is 39.2 Å². The van der Waals surface area contributed by atoms with Crippen LogP contribution < -0.4 is 67.7 Å². The van der Waals surface area contributed by atoms with Crippen molar-refractivity contribution in [2.45, 2.75) is 79.1 Å². The van der Waals surface area contributed by atoms with Crippen LogP contribution in [-0.2, 0) is 13.6 Å². The van der Waals surface area contributed by atoms with Gasteiger partial charge in [0.1, 0.15) is 0 Å². The molecule has 26 heavy (non-hydrogen) atoms. The summed E-state index contributed by atoms with van der Waals surface area (Å²) in [6, 6.07) is -0.833. The van der Waals surface area contributed by atoms with Crippen molar-refractivity contribution in [3.8, 4) is 0 Å². The summed E-state index contributed by atoms with van der Waals surface area (Å²) in [4.78, 5) is 20.8. The molecule has 0 heterocycles. The summed E-state index contributed by atoms with van der Waals surface area (Å²) in [5, 5.41) is 0. The van der Waals surface area contributed by atoms with Gasteiger partial charge in [0.15, 0.2) is 0 Å². The van der Waals surface area contributed by atoms with Gasteiger partial charge in [-0.2, -0.15) is 0 Å². The molecule has 0 aliphatic heterocycles. The Balaban J connectivity index is -0.000000951. The molecule has 2 unspecified atom stereocenters. The van der Waals surface area contributed by atoms with Crippen molar-refractivity contribution in [2.75, 3.05) is 13.2 Å². The first-order valence-corrected chi connectivity index (χ1v) is 10.8. The van der Waals surface area contributed by atoms with Crippen LogP contribution in [-0.4, -0.2) is 19.2 Å². The van der Waals surface area contributed by atoms with E-state index in [-0.39, 0.29) is 64.6 Å². The minimum Gasteiger partial charge on any atom is -0.756 e. The van der Waals surface area contributed by atoms with Crippen LogP contribution >= 0.6 is 7.82 Å². The van der Waals surface area contributed by atoms with Crippen LogP contribution in [0.2, 0.25) is 0 Å². The maximum atomic E-state index is 11.8. The smallest absolute Gasteiger partial charge is 0.756 e. The zero-order chi connectivity index (χ0) is 19.7. The molecular weight excluding hydrogens is 382 g/mol.